The average molecular weight is 475 g/mol. The molecule has 2 aromatic heterocycles. The lowest BCUT2D eigenvalue weighted by Crippen LogP contribution is -2.43. The first-order chi connectivity index (χ1) is 15.4. The number of nitrogens with one attached hydrogen (secondary N) is 2. The van der Waals surface area contributed by atoms with E-state index in [4.69, 9.17) is 11.6 Å². The molecule has 3 aromatic rings. The lowest BCUT2D eigenvalue weighted by Gasteiger charge is -2.31. The van der Waals surface area contributed by atoms with E-state index in [9.17, 15) is 14.4 Å². The molecule has 168 valence electrons. The number of piperidine rings is 1. The minimum absolute atomic E-state index is 0.0468. The van der Waals surface area contributed by atoms with Crippen LogP contribution in [0, 0.1) is 5.92 Å². The molecule has 1 aromatic carbocycles. The summed E-state index contributed by atoms with van der Waals surface area (Å²) in [4.78, 5) is 48.3. The highest BCUT2D eigenvalue weighted by Crippen LogP contribution is 2.29. The van der Waals surface area contributed by atoms with Crippen LogP contribution in [0.1, 0.15) is 19.8 Å². The van der Waals surface area contributed by atoms with E-state index in [0.717, 1.165) is 19.4 Å². The van der Waals surface area contributed by atoms with Crippen molar-refractivity contribution in [2.45, 2.75) is 26.3 Å². The quantitative estimate of drug-likeness (QED) is 0.568. The summed E-state index contributed by atoms with van der Waals surface area (Å²) < 4.78 is 1.66. The molecule has 1 aliphatic rings. The van der Waals surface area contributed by atoms with Crippen molar-refractivity contribution >= 4 is 55.9 Å². The third-order valence-electron chi connectivity index (χ3n) is 5.23. The third kappa shape index (κ3) is 4.91. The zero-order chi connectivity index (χ0) is 22.7. The summed E-state index contributed by atoms with van der Waals surface area (Å²) in [6.45, 7) is 3.67. The summed E-state index contributed by atoms with van der Waals surface area (Å²) in [5.41, 5.74) is 0.625. The second-order valence-corrected chi connectivity index (χ2v) is 8.98. The first-order valence-corrected chi connectivity index (χ1v) is 11.6. The molecule has 3 heterocycles. The fraction of sp³-hybridized carbons (Fsp3) is 0.381. The maximum atomic E-state index is 12.9. The molecule has 32 heavy (non-hydrogen) atoms. The van der Waals surface area contributed by atoms with Gasteiger partial charge < -0.3 is 15.5 Å². The number of amides is 2. The van der Waals surface area contributed by atoms with Gasteiger partial charge in [0.25, 0.3) is 5.56 Å². The number of carbonyl (C=O) groups is 2. The molecule has 0 saturated carbocycles. The SMILES string of the molecule is CCNC(=O)[C@H]1CCCN(c2nc3ncn(CC(=O)Nc4ccc(Cl)cc4)c(=O)c3s2)C1. The van der Waals surface area contributed by atoms with E-state index in [2.05, 4.69) is 20.6 Å². The molecule has 2 N–H and O–H groups in total. The van der Waals surface area contributed by atoms with Crippen LogP contribution in [-0.4, -0.2) is 46.0 Å². The van der Waals surface area contributed by atoms with Crippen molar-refractivity contribution < 1.29 is 9.59 Å². The number of anilines is 2. The topological polar surface area (TPSA) is 109 Å². The molecule has 0 radical (unpaired) electrons. The van der Waals surface area contributed by atoms with E-state index >= 15 is 0 Å². The Balaban J connectivity index is 1.49. The van der Waals surface area contributed by atoms with E-state index < -0.39 is 0 Å². The van der Waals surface area contributed by atoms with Gasteiger partial charge in [-0.25, -0.2) is 4.98 Å². The van der Waals surface area contributed by atoms with Crippen molar-refractivity contribution in [3.63, 3.8) is 0 Å². The molecule has 1 aliphatic heterocycles. The van der Waals surface area contributed by atoms with Crippen LogP contribution in [0.15, 0.2) is 35.4 Å². The Hall–Kier alpha value is -2.98. The van der Waals surface area contributed by atoms with Crippen molar-refractivity contribution in [2.24, 2.45) is 5.92 Å². The predicted molar refractivity (Wildman–Crippen MR) is 125 cm³/mol. The molecular formula is C21H23ClN6O3S. The average Bonchev–Trinajstić information content (AvgIpc) is 3.23. The summed E-state index contributed by atoms with van der Waals surface area (Å²) in [6, 6.07) is 6.72. The Kier molecular flexibility index (Phi) is 6.71. The van der Waals surface area contributed by atoms with Gasteiger partial charge >= 0.3 is 0 Å². The fourth-order valence-electron chi connectivity index (χ4n) is 3.65. The predicted octanol–water partition coefficient (Wildman–Crippen LogP) is 2.50. The Morgan fingerprint density at radius 2 is 2.06 bits per heavy atom. The van der Waals surface area contributed by atoms with Crippen LogP contribution in [0.2, 0.25) is 5.02 Å². The van der Waals surface area contributed by atoms with E-state index in [-0.39, 0.29) is 29.8 Å². The Bertz CT molecular complexity index is 1190. The molecule has 1 saturated heterocycles. The summed E-state index contributed by atoms with van der Waals surface area (Å²) in [6.07, 6.45) is 3.05. The minimum atomic E-state index is -0.346. The van der Waals surface area contributed by atoms with Gasteiger partial charge in [-0.15, -0.1) is 0 Å². The van der Waals surface area contributed by atoms with Gasteiger partial charge in [-0.2, -0.15) is 4.98 Å². The van der Waals surface area contributed by atoms with Gasteiger partial charge in [-0.3, -0.25) is 19.0 Å². The molecule has 2 amide bonds. The number of carbonyl (C=O) groups excluding carboxylic acids is 2. The zero-order valence-corrected chi connectivity index (χ0v) is 19.1. The zero-order valence-electron chi connectivity index (χ0n) is 17.5. The highest BCUT2D eigenvalue weighted by molar-refractivity contribution is 7.22. The maximum absolute atomic E-state index is 12.9. The number of thiazole rings is 1. The molecular weight excluding hydrogens is 452 g/mol. The molecule has 9 nitrogen and oxygen atoms in total. The summed E-state index contributed by atoms with van der Waals surface area (Å²) in [7, 11) is 0. The van der Waals surface area contributed by atoms with E-state index in [1.807, 2.05) is 11.8 Å². The highest BCUT2D eigenvalue weighted by atomic mass is 35.5. The smallest absolute Gasteiger partial charge is 0.273 e. The lowest BCUT2D eigenvalue weighted by atomic mass is 9.97. The normalized spacial score (nSPS) is 16.2. The molecule has 0 unspecified atom stereocenters. The van der Waals surface area contributed by atoms with Gasteiger partial charge in [0, 0.05) is 30.3 Å². The number of halogens is 1. The standard InChI is InChI=1S/C21H23ClN6O3S/c1-2-23-19(30)13-4-3-9-27(10-13)21-26-18-17(32-21)20(31)28(12-24-18)11-16(29)25-15-7-5-14(22)6-8-15/h5-8,12-13H,2-4,9-11H2,1H3,(H,23,30)(H,25,29)/t13-/m0/s1. The molecule has 11 heteroatoms. The maximum Gasteiger partial charge on any atom is 0.273 e. The van der Waals surface area contributed by atoms with E-state index in [1.165, 1.54) is 22.2 Å². The number of nitrogens with zero attached hydrogens (tertiary/aromatic N) is 4. The third-order valence-corrected chi connectivity index (χ3v) is 6.57. The van der Waals surface area contributed by atoms with Gasteiger partial charge in [0.1, 0.15) is 17.6 Å². The summed E-state index contributed by atoms with van der Waals surface area (Å²) >= 11 is 7.10. The molecule has 1 fully saturated rings. The number of fused-ring (bicyclic) bond motifs is 1. The fourth-order valence-corrected chi connectivity index (χ4v) is 4.78. The van der Waals surface area contributed by atoms with Gasteiger partial charge in [0.2, 0.25) is 11.8 Å². The number of benzene rings is 1. The largest absolute Gasteiger partial charge is 0.356 e. The minimum Gasteiger partial charge on any atom is -0.356 e. The molecule has 4 rings (SSSR count). The van der Waals surface area contributed by atoms with Gasteiger partial charge in [-0.1, -0.05) is 22.9 Å². The van der Waals surface area contributed by atoms with Crippen LogP contribution >= 0.6 is 22.9 Å². The van der Waals surface area contributed by atoms with Gasteiger partial charge in [0.15, 0.2) is 10.8 Å². The van der Waals surface area contributed by atoms with Crippen molar-refractivity contribution in [2.75, 3.05) is 29.9 Å². The van der Waals surface area contributed by atoms with Gasteiger partial charge in [-0.05, 0) is 44.0 Å². The second kappa shape index (κ2) is 9.66. The summed E-state index contributed by atoms with van der Waals surface area (Å²) in [5, 5.41) is 6.85. The number of hydrogen-bond donors (Lipinski definition) is 2. The highest BCUT2D eigenvalue weighted by Gasteiger charge is 2.27. The monoisotopic (exact) mass is 474 g/mol. The van der Waals surface area contributed by atoms with Gasteiger partial charge in [0.05, 0.1) is 5.92 Å². The first-order valence-electron chi connectivity index (χ1n) is 10.4. The Morgan fingerprint density at radius 3 is 2.81 bits per heavy atom. The van der Waals surface area contributed by atoms with Crippen LogP contribution in [-0.2, 0) is 16.1 Å². The van der Waals surface area contributed by atoms with Crippen molar-refractivity contribution in [1.29, 1.82) is 0 Å². The lowest BCUT2D eigenvalue weighted by molar-refractivity contribution is -0.125. The van der Waals surface area contributed by atoms with Crippen molar-refractivity contribution in [3.8, 4) is 0 Å². The number of aromatic nitrogens is 3. The van der Waals surface area contributed by atoms with Crippen LogP contribution in [0.4, 0.5) is 10.8 Å². The molecule has 0 spiro atoms. The van der Waals surface area contributed by atoms with Crippen molar-refractivity contribution in [3.05, 3.63) is 46.0 Å². The first kappa shape index (κ1) is 22.2. The van der Waals surface area contributed by atoms with Crippen LogP contribution in [0.5, 0.6) is 0 Å². The molecule has 0 bridgehead atoms. The second-order valence-electron chi connectivity index (χ2n) is 7.56. The van der Waals surface area contributed by atoms with Crippen molar-refractivity contribution in [1.82, 2.24) is 19.9 Å². The summed E-state index contributed by atoms with van der Waals surface area (Å²) in [5.74, 6) is -0.400. The molecule has 1 atom stereocenters. The Morgan fingerprint density at radius 1 is 1.28 bits per heavy atom. The van der Waals surface area contributed by atoms with E-state index in [1.54, 1.807) is 24.3 Å². The molecule has 0 aliphatic carbocycles. The Labute approximate surface area is 193 Å². The van der Waals surface area contributed by atoms with Crippen LogP contribution < -0.4 is 21.1 Å². The van der Waals surface area contributed by atoms with Crippen LogP contribution in [0.3, 0.4) is 0 Å². The van der Waals surface area contributed by atoms with E-state index in [0.29, 0.717) is 39.3 Å². The number of rotatable bonds is 6. The number of hydrogen-bond acceptors (Lipinski definition) is 7. The van der Waals surface area contributed by atoms with Crippen LogP contribution in [0.25, 0.3) is 10.3 Å².